The largest absolute Gasteiger partial charge is 0.409 e. The third-order valence-electron chi connectivity index (χ3n) is 3.42. The molecule has 0 spiro atoms. The Morgan fingerprint density at radius 2 is 2.05 bits per heavy atom. The SMILES string of the molecule is Cc1ccc(F)cc1Cn1c(C)ccc(/C(N)=N/O)c1=O. The molecular formula is C15H16FN3O2. The second kappa shape index (κ2) is 5.78. The van der Waals surface area contributed by atoms with Crippen molar-refractivity contribution in [2.45, 2.75) is 20.4 Å². The van der Waals surface area contributed by atoms with Crippen molar-refractivity contribution in [3.05, 3.63) is 68.9 Å². The zero-order valence-corrected chi connectivity index (χ0v) is 11.8. The van der Waals surface area contributed by atoms with Crippen molar-refractivity contribution in [1.82, 2.24) is 4.57 Å². The number of hydrogen-bond acceptors (Lipinski definition) is 3. The molecule has 2 rings (SSSR count). The van der Waals surface area contributed by atoms with Gasteiger partial charge in [-0.1, -0.05) is 11.2 Å². The molecular weight excluding hydrogens is 273 g/mol. The molecule has 110 valence electrons. The Morgan fingerprint density at radius 3 is 2.71 bits per heavy atom. The van der Waals surface area contributed by atoms with Gasteiger partial charge in [-0.05, 0) is 49.2 Å². The van der Waals surface area contributed by atoms with Gasteiger partial charge in [0, 0.05) is 5.69 Å². The van der Waals surface area contributed by atoms with Crippen molar-refractivity contribution in [3.8, 4) is 0 Å². The molecule has 0 amide bonds. The molecule has 0 unspecified atom stereocenters. The fourth-order valence-electron chi connectivity index (χ4n) is 2.10. The third-order valence-corrected chi connectivity index (χ3v) is 3.42. The normalized spacial score (nSPS) is 11.7. The quantitative estimate of drug-likeness (QED) is 0.391. The summed E-state index contributed by atoms with van der Waals surface area (Å²) in [7, 11) is 0. The van der Waals surface area contributed by atoms with E-state index < -0.39 is 0 Å². The maximum atomic E-state index is 13.4. The number of benzene rings is 1. The van der Waals surface area contributed by atoms with Crippen molar-refractivity contribution in [2.75, 3.05) is 0 Å². The molecule has 0 fully saturated rings. The average Bonchev–Trinajstić information content (AvgIpc) is 2.46. The molecule has 0 radical (unpaired) electrons. The Balaban J connectivity index is 2.54. The van der Waals surface area contributed by atoms with Crippen LogP contribution in [0.25, 0.3) is 0 Å². The number of aromatic nitrogens is 1. The topological polar surface area (TPSA) is 80.6 Å². The molecule has 1 heterocycles. The predicted molar refractivity (Wildman–Crippen MR) is 78.2 cm³/mol. The summed E-state index contributed by atoms with van der Waals surface area (Å²) < 4.78 is 14.8. The smallest absolute Gasteiger partial charge is 0.262 e. The Bertz CT molecular complexity index is 766. The Labute approximate surface area is 121 Å². The van der Waals surface area contributed by atoms with Crippen LogP contribution in [0.3, 0.4) is 0 Å². The van der Waals surface area contributed by atoms with Gasteiger partial charge in [0.1, 0.15) is 5.82 Å². The zero-order chi connectivity index (χ0) is 15.6. The summed E-state index contributed by atoms with van der Waals surface area (Å²) in [4.78, 5) is 12.4. The standard InChI is InChI=1S/C15H16FN3O2/c1-9-3-5-12(16)7-11(9)8-19-10(2)4-6-13(15(19)20)14(17)18-21/h3-7,21H,8H2,1-2H3,(H2,17,18). The lowest BCUT2D eigenvalue weighted by molar-refractivity contribution is 0.318. The van der Waals surface area contributed by atoms with Crippen LogP contribution in [-0.4, -0.2) is 15.6 Å². The van der Waals surface area contributed by atoms with E-state index >= 15 is 0 Å². The molecule has 0 aliphatic heterocycles. The van der Waals surface area contributed by atoms with Gasteiger partial charge in [0.25, 0.3) is 5.56 Å². The van der Waals surface area contributed by atoms with Gasteiger partial charge in [-0.2, -0.15) is 0 Å². The van der Waals surface area contributed by atoms with E-state index in [2.05, 4.69) is 5.16 Å². The minimum Gasteiger partial charge on any atom is -0.409 e. The van der Waals surface area contributed by atoms with Crippen molar-refractivity contribution in [2.24, 2.45) is 10.9 Å². The lowest BCUT2D eigenvalue weighted by atomic mass is 10.1. The van der Waals surface area contributed by atoms with Crippen LogP contribution in [-0.2, 0) is 6.54 Å². The summed E-state index contributed by atoms with van der Waals surface area (Å²) in [6.07, 6.45) is 0. The van der Waals surface area contributed by atoms with E-state index in [1.165, 1.54) is 22.8 Å². The van der Waals surface area contributed by atoms with Gasteiger partial charge in [-0.3, -0.25) is 4.79 Å². The highest BCUT2D eigenvalue weighted by Crippen LogP contribution is 2.12. The zero-order valence-electron chi connectivity index (χ0n) is 11.8. The van der Waals surface area contributed by atoms with Crippen LogP contribution in [0.15, 0.2) is 40.3 Å². The number of rotatable bonds is 3. The van der Waals surface area contributed by atoms with E-state index in [-0.39, 0.29) is 29.3 Å². The Morgan fingerprint density at radius 1 is 1.33 bits per heavy atom. The van der Waals surface area contributed by atoms with Crippen LogP contribution >= 0.6 is 0 Å². The Hall–Kier alpha value is -2.63. The van der Waals surface area contributed by atoms with Gasteiger partial charge in [0.15, 0.2) is 5.84 Å². The van der Waals surface area contributed by atoms with Crippen LogP contribution in [0.2, 0.25) is 0 Å². The molecule has 0 saturated heterocycles. The molecule has 1 aromatic carbocycles. The van der Waals surface area contributed by atoms with E-state index in [1.807, 2.05) is 6.92 Å². The van der Waals surface area contributed by atoms with Gasteiger partial charge in [0.2, 0.25) is 0 Å². The molecule has 6 heteroatoms. The van der Waals surface area contributed by atoms with Gasteiger partial charge >= 0.3 is 0 Å². The summed E-state index contributed by atoms with van der Waals surface area (Å²) >= 11 is 0. The summed E-state index contributed by atoms with van der Waals surface area (Å²) in [6, 6.07) is 7.64. The molecule has 5 nitrogen and oxygen atoms in total. The van der Waals surface area contributed by atoms with Crippen molar-refractivity contribution in [1.29, 1.82) is 0 Å². The number of oxime groups is 1. The highest BCUT2D eigenvalue weighted by molar-refractivity contribution is 5.96. The minimum absolute atomic E-state index is 0.108. The summed E-state index contributed by atoms with van der Waals surface area (Å²) in [6.45, 7) is 3.84. The number of hydrogen-bond donors (Lipinski definition) is 2. The van der Waals surface area contributed by atoms with E-state index in [9.17, 15) is 9.18 Å². The molecule has 0 aliphatic carbocycles. The first kappa shape index (κ1) is 14.8. The first-order valence-corrected chi connectivity index (χ1v) is 6.37. The number of aryl methyl sites for hydroxylation is 2. The molecule has 0 atom stereocenters. The van der Waals surface area contributed by atoms with E-state index in [0.717, 1.165) is 5.56 Å². The maximum Gasteiger partial charge on any atom is 0.262 e. The number of nitrogens with zero attached hydrogens (tertiary/aromatic N) is 2. The first-order chi connectivity index (χ1) is 9.93. The molecule has 2 aromatic rings. The second-order valence-electron chi connectivity index (χ2n) is 4.84. The van der Waals surface area contributed by atoms with Crippen LogP contribution in [0, 0.1) is 19.7 Å². The number of halogens is 1. The second-order valence-corrected chi connectivity index (χ2v) is 4.84. The molecule has 3 N–H and O–H groups in total. The van der Waals surface area contributed by atoms with Crippen molar-refractivity contribution in [3.63, 3.8) is 0 Å². The van der Waals surface area contributed by atoms with Crippen LogP contribution < -0.4 is 11.3 Å². The highest BCUT2D eigenvalue weighted by atomic mass is 19.1. The number of nitrogens with two attached hydrogens (primary N) is 1. The maximum absolute atomic E-state index is 13.4. The van der Waals surface area contributed by atoms with Gasteiger partial charge in [0.05, 0.1) is 12.1 Å². The summed E-state index contributed by atoms with van der Waals surface area (Å²) in [5.74, 6) is -0.599. The number of pyridine rings is 1. The molecule has 21 heavy (non-hydrogen) atoms. The minimum atomic E-state index is -0.381. The lowest BCUT2D eigenvalue weighted by Crippen LogP contribution is -2.31. The first-order valence-electron chi connectivity index (χ1n) is 6.37. The van der Waals surface area contributed by atoms with Crippen LogP contribution in [0.1, 0.15) is 22.4 Å². The Kier molecular flexibility index (Phi) is 4.07. The van der Waals surface area contributed by atoms with Gasteiger partial charge in [-0.25, -0.2) is 4.39 Å². The van der Waals surface area contributed by atoms with E-state index in [0.29, 0.717) is 11.3 Å². The summed E-state index contributed by atoms with van der Waals surface area (Å²) in [5, 5.41) is 11.6. The van der Waals surface area contributed by atoms with Crippen LogP contribution in [0.4, 0.5) is 4.39 Å². The van der Waals surface area contributed by atoms with E-state index in [4.69, 9.17) is 10.9 Å². The molecule has 0 aliphatic rings. The van der Waals surface area contributed by atoms with Gasteiger partial charge < -0.3 is 15.5 Å². The summed E-state index contributed by atoms with van der Waals surface area (Å²) in [5.41, 5.74) is 7.51. The lowest BCUT2D eigenvalue weighted by Gasteiger charge is -2.13. The fraction of sp³-hybridized carbons (Fsp3) is 0.200. The van der Waals surface area contributed by atoms with Crippen molar-refractivity contribution >= 4 is 5.84 Å². The molecule has 0 bridgehead atoms. The van der Waals surface area contributed by atoms with Crippen LogP contribution in [0.5, 0.6) is 0 Å². The van der Waals surface area contributed by atoms with Gasteiger partial charge in [-0.15, -0.1) is 0 Å². The fourth-order valence-corrected chi connectivity index (χ4v) is 2.10. The predicted octanol–water partition coefficient (Wildman–Crippen LogP) is 1.75. The number of amidine groups is 1. The molecule has 1 aromatic heterocycles. The monoisotopic (exact) mass is 289 g/mol. The highest BCUT2D eigenvalue weighted by Gasteiger charge is 2.11. The van der Waals surface area contributed by atoms with Crippen molar-refractivity contribution < 1.29 is 9.60 Å². The third kappa shape index (κ3) is 2.94. The molecule has 0 saturated carbocycles. The average molecular weight is 289 g/mol. The van der Waals surface area contributed by atoms with E-state index in [1.54, 1.807) is 19.1 Å².